The maximum Gasteiger partial charge on any atom is 0.170 e. The Hall–Kier alpha value is -5.44. The fraction of sp³-hybridized carbons (Fsp3) is 0.240. The van der Waals surface area contributed by atoms with Crippen molar-refractivity contribution in [3.63, 3.8) is 0 Å². The fourth-order valence-electron chi connectivity index (χ4n) is 5.15. The summed E-state index contributed by atoms with van der Waals surface area (Å²) in [5.41, 5.74) is 9.45. The van der Waals surface area contributed by atoms with E-state index in [1.54, 1.807) is 55.6 Å². The molecule has 0 aliphatic carbocycles. The van der Waals surface area contributed by atoms with Gasteiger partial charge in [-0.1, -0.05) is 118 Å². The molecule has 6 rings (SSSR count). The Bertz CT molecular complexity index is 2030. The summed E-state index contributed by atoms with van der Waals surface area (Å²) in [4.78, 5) is 18.9. The first-order valence-corrected chi connectivity index (χ1v) is 18.8. The van der Waals surface area contributed by atoms with E-state index >= 15 is 0 Å². The normalized spacial score (nSPS) is 9.24. The maximum atomic E-state index is 10.2. The zero-order chi connectivity index (χ0) is 43.5. The van der Waals surface area contributed by atoms with Gasteiger partial charge in [-0.2, -0.15) is 6.92 Å². The summed E-state index contributed by atoms with van der Waals surface area (Å²) in [6.07, 6.45) is 4.39. The smallest absolute Gasteiger partial charge is 0.170 e. The Morgan fingerprint density at radius 1 is 0.492 bits per heavy atom. The third-order valence-corrected chi connectivity index (χ3v) is 8.06. The van der Waals surface area contributed by atoms with Crippen LogP contribution in [0.25, 0.3) is 0 Å². The standard InChI is InChI=1S/C17H17O3.C15H16O2.C7H8O.C6H6O.C3H8.C2H3O.Y/c1-12-8-14(4-6-16(12)19-3)10-15-5-7-17(20-11-18)13(2)9-15;1-10-7-12(3-5-14(10)16)9-13-4-6-15(17)11(2)8-13;1-6-4-2-3-5-7(6)8;7-6-4-2-1-3-5-6;1-3-2;1-2-3;/h4-9H,10H2,1-3H3;3-8,16-17H,9H2,1-2H3;2-5,8H,1H3;1-5,7H;3H2,1-2H3;1H3;/q-1;;;;;-1;. The molecule has 0 fully saturated rings. The molecule has 6 aromatic rings. The van der Waals surface area contributed by atoms with Crippen LogP contribution in [0.4, 0.5) is 0 Å². The van der Waals surface area contributed by atoms with Crippen LogP contribution in [0.1, 0.15) is 77.3 Å². The van der Waals surface area contributed by atoms with Crippen LogP contribution in [0, 0.1) is 34.6 Å². The van der Waals surface area contributed by atoms with Gasteiger partial charge in [0.1, 0.15) is 28.7 Å². The van der Waals surface area contributed by atoms with Gasteiger partial charge in [-0.15, -0.1) is 6.07 Å². The summed E-state index contributed by atoms with van der Waals surface area (Å²) < 4.78 is 10.0. The van der Waals surface area contributed by atoms with Crippen LogP contribution in [-0.4, -0.2) is 40.3 Å². The number of hydrogen-bond acceptors (Lipinski definition) is 8. The zero-order valence-corrected chi connectivity index (χ0v) is 38.6. The van der Waals surface area contributed by atoms with E-state index in [0.717, 1.165) is 57.5 Å². The number of hydrogen-bond donors (Lipinski definition) is 4. The number of para-hydroxylation sites is 2. The van der Waals surface area contributed by atoms with Crippen molar-refractivity contribution in [1.82, 2.24) is 0 Å². The molecular formula is C50H58O8Y-2. The molecule has 1 radical (unpaired) electrons. The summed E-state index contributed by atoms with van der Waals surface area (Å²) in [5.74, 6) is 2.80. The largest absolute Gasteiger partial charge is 0.610 e. The predicted molar refractivity (Wildman–Crippen MR) is 235 cm³/mol. The molecule has 0 heterocycles. The van der Waals surface area contributed by atoms with Gasteiger partial charge in [-0.05, 0) is 127 Å². The van der Waals surface area contributed by atoms with Gasteiger partial charge in [-0.3, -0.25) is 6.29 Å². The number of phenolic OH excluding ortho intramolecular Hbond substituents is 4. The molecule has 0 spiro atoms. The third-order valence-electron chi connectivity index (χ3n) is 8.06. The second-order valence-electron chi connectivity index (χ2n) is 13.2. The van der Waals surface area contributed by atoms with Crippen LogP contribution >= 0.6 is 0 Å². The Labute approximate surface area is 376 Å². The predicted octanol–water partition coefficient (Wildman–Crippen LogP) is 11.3. The zero-order valence-electron chi connectivity index (χ0n) is 35.7. The van der Waals surface area contributed by atoms with E-state index in [9.17, 15) is 15.0 Å². The molecule has 0 atom stereocenters. The average Bonchev–Trinajstić information content (AvgIpc) is 3.19. The fourth-order valence-corrected chi connectivity index (χ4v) is 5.15. The van der Waals surface area contributed by atoms with Gasteiger partial charge in [0.15, 0.2) is 6.47 Å². The van der Waals surface area contributed by atoms with Gasteiger partial charge >= 0.3 is 0 Å². The van der Waals surface area contributed by atoms with Gasteiger partial charge < -0.3 is 39.5 Å². The van der Waals surface area contributed by atoms with Crippen LogP contribution in [0.2, 0.25) is 0 Å². The molecule has 59 heavy (non-hydrogen) atoms. The van der Waals surface area contributed by atoms with Crippen molar-refractivity contribution in [3.05, 3.63) is 177 Å². The SMILES string of the molecule is CCC.COc1ccc(Cc2ccc(O[C-]=O)c(C)c2)cc1C.C[C-]=O.Cc1cc(Cc2ccc(O)c(C)c2)ccc1O.Cc1ccccc1O.Oc1ccccc1.[Y]. The van der Waals surface area contributed by atoms with Gasteiger partial charge in [0, 0.05) is 32.7 Å². The van der Waals surface area contributed by atoms with E-state index in [4.69, 9.17) is 24.5 Å². The number of aromatic hydroxyl groups is 4. The van der Waals surface area contributed by atoms with Gasteiger partial charge in [0.2, 0.25) is 0 Å². The quantitative estimate of drug-likeness (QED) is 0.117. The maximum absolute atomic E-state index is 10.2. The van der Waals surface area contributed by atoms with Crippen LogP contribution in [0.5, 0.6) is 34.5 Å². The molecule has 0 saturated heterocycles. The number of rotatable bonds is 7. The number of ether oxygens (including phenoxy) is 2. The number of benzene rings is 6. The van der Waals surface area contributed by atoms with Crippen molar-refractivity contribution in [2.45, 2.75) is 74.7 Å². The van der Waals surface area contributed by atoms with Crippen molar-refractivity contribution in [2.24, 2.45) is 0 Å². The van der Waals surface area contributed by atoms with E-state index in [1.165, 1.54) is 37.2 Å². The molecular weight excluding hydrogens is 817 g/mol. The van der Waals surface area contributed by atoms with Crippen molar-refractivity contribution in [2.75, 3.05) is 7.11 Å². The molecule has 0 saturated carbocycles. The molecule has 4 N–H and O–H groups in total. The second kappa shape index (κ2) is 30.6. The van der Waals surface area contributed by atoms with E-state index in [0.29, 0.717) is 28.7 Å². The molecule has 8 nitrogen and oxygen atoms in total. The summed E-state index contributed by atoms with van der Waals surface area (Å²) in [5, 5.41) is 36.5. The van der Waals surface area contributed by atoms with Crippen molar-refractivity contribution >= 4 is 12.8 Å². The van der Waals surface area contributed by atoms with E-state index in [1.807, 2.05) is 101 Å². The van der Waals surface area contributed by atoms with Gasteiger partial charge in [0.05, 0.1) is 7.11 Å². The van der Waals surface area contributed by atoms with Crippen LogP contribution in [0.15, 0.2) is 127 Å². The Balaban J connectivity index is 0.000000771. The first-order chi connectivity index (χ1) is 27.7. The summed E-state index contributed by atoms with van der Waals surface area (Å²) in [7, 11) is 1.67. The number of carbonyl (C=O) groups excluding carboxylic acids is 2. The molecule has 0 aliphatic rings. The molecule has 0 aliphatic heterocycles. The van der Waals surface area contributed by atoms with Crippen molar-refractivity contribution < 1.29 is 72.2 Å². The Morgan fingerprint density at radius 3 is 1.15 bits per heavy atom. The van der Waals surface area contributed by atoms with Crippen LogP contribution < -0.4 is 9.47 Å². The molecule has 311 valence electrons. The van der Waals surface area contributed by atoms with E-state index in [2.05, 4.69) is 26.0 Å². The van der Waals surface area contributed by atoms with Gasteiger partial charge in [0.25, 0.3) is 0 Å². The average molecular weight is 876 g/mol. The topological polar surface area (TPSA) is 134 Å². The summed E-state index contributed by atoms with van der Waals surface area (Å²) in [6, 6.07) is 39.2. The minimum Gasteiger partial charge on any atom is -0.610 e. The molecule has 6 aromatic carbocycles. The second-order valence-corrected chi connectivity index (χ2v) is 13.2. The Kier molecular flexibility index (Phi) is 27.8. The minimum absolute atomic E-state index is 0. The summed E-state index contributed by atoms with van der Waals surface area (Å²) in [6.45, 7) is 16.6. The molecule has 0 bridgehead atoms. The monoisotopic (exact) mass is 875 g/mol. The van der Waals surface area contributed by atoms with Gasteiger partial charge in [-0.25, -0.2) is 0 Å². The van der Waals surface area contributed by atoms with E-state index < -0.39 is 0 Å². The first kappa shape index (κ1) is 53.6. The number of methoxy groups -OCH3 is 1. The molecule has 0 amide bonds. The van der Waals surface area contributed by atoms with Crippen LogP contribution in [-0.2, 0) is 55.1 Å². The third kappa shape index (κ3) is 21.8. The molecule has 0 unspecified atom stereocenters. The van der Waals surface area contributed by atoms with Crippen LogP contribution in [0.3, 0.4) is 0 Å². The Morgan fingerprint density at radius 2 is 0.847 bits per heavy atom. The van der Waals surface area contributed by atoms with Crippen molar-refractivity contribution in [3.8, 4) is 34.5 Å². The first-order valence-electron chi connectivity index (χ1n) is 18.8. The molecule has 9 heteroatoms. The molecule has 0 aromatic heterocycles. The summed E-state index contributed by atoms with van der Waals surface area (Å²) >= 11 is 0. The number of phenols is 4. The van der Waals surface area contributed by atoms with E-state index in [-0.39, 0.29) is 32.7 Å². The van der Waals surface area contributed by atoms with Crippen molar-refractivity contribution in [1.29, 1.82) is 0 Å². The number of aryl methyl sites for hydroxylation is 5. The minimum atomic E-state index is 0.